The molecule has 2 rings (SSSR count). The fourth-order valence-corrected chi connectivity index (χ4v) is 1.92. The summed E-state index contributed by atoms with van der Waals surface area (Å²) in [6, 6.07) is 0. The molecular weight excluding hydrogens is 176 g/mol. The van der Waals surface area contributed by atoms with Gasteiger partial charge in [0, 0.05) is 11.3 Å². The molecule has 2 fully saturated rings. The zero-order valence-electron chi connectivity index (χ0n) is 9.17. The lowest BCUT2D eigenvalue weighted by Crippen LogP contribution is -2.14. The second-order valence-electron chi connectivity index (χ2n) is 5.15. The zero-order valence-corrected chi connectivity index (χ0v) is 9.17. The van der Waals surface area contributed by atoms with E-state index in [9.17, 15) is 0 Å². The van der Waals surface area contributed by atoms with Crippen molar-refractivity contribution in [1.29, 1.82) is 0 Å². The third-order valence-electron chi connectivity index (χ3n) is 2.67. The van der Waals surface area contributed by atoms with Gasteiger partial charge in [-0.1, -0.05) is 11.8 Å². The molecule has 0 aromatic heterocycles. The first-order valence-corrected chi connectivity index (χ1v) is 5.32. The smallest absolute Gasteiger partial charge is 0.161 e. The molecule has 2 aliphatic heterocycles. The molecule has 3 unspecified atom stereocenters. The van der Waals surface area contributed by atoms with Crippen LogP contribution in [0.1, 0.15) is 27.2 Å². The lowest BCUT2D eigenvalue weighted by Gasteiger charge is -2.11. The SMILES string of the molecule is CC(C)(C)C#CC1COC2OCCC12. The van der Waals surface area contributed by atoms with Gasteiger partial charge >= 0.3 is 0 Å². The minimum atomic E-state index is 0.0364. The number of rotatable bonds is 0. The van der Waals surface area contributed by atoms with Crippen LogP contribution < -0.4 is 0 Å². The van der Waals surface area contributed by atoms with Crippen molar-refractivity contribution in [1.82, 2.24) is 0 Å². The number of hydrogen-bond donors (Lipinski definition) is 0. The summed E-state index contributed by atoms with van der Waals surface area (Å²) in [6.07, 6.45) is 1.14. The van der Waals surface area contributed by atoms with Crippen molar-refractivity contribution in [2.24, 2.45) is 17.3 Å². The van der Waals surface area contributed by atoms with E-state index in [2.05, 4.69) is 32.6 Å². The monoisotopic (exact) mass is 194 g/mol. The topological polar surface area (TPSA) is 18.5 Å². The molecule has 2 nitrogen and oxygen atoms in total. The van der Waals surface area contributed by atoms with Crippen LogP contribution in [-0.2, 0) is 9.47 Å². The molecule has 0 amide bonds. The highest BCUT2D eigenvalue weighted by atomic mass is 16.7. The first kappa shape index (κ1) is 10.0. The van der Waals surface area contributed by atoms with E-state index in [1.165, 1.54) is 0 Å². The Morgan fingerprint density at radius 3 is 2.71 bits per heavy atom. The van der Waals surface area contributed by atoms with Crippen LogP contribution >= 0.6 is 0 Å². The molecule has 0 aliphatic carbocycles. The van der Waals surface area contributed by atoms with Crippen LogP contribution in [0.3, 0.4) is 0 Å². The molecule has 0 spiro atoms. The van der Waals surface area contributed by atoms with Crippen LogP contribution in [0.5, 0.6) is 0 Å². The molecule has 0 bridgehead atoms. The van der Waals surface area contributed by atoms with E-state index >= 15 is 0 Å². The highest BCUT2D eigenvalue weighted by Gasteiger charge is 2.40. The largest absolute Gasteiger partial charge is 0.352 e. The predicted molar refractivity (Wildman–Crippen MR) is 54.5 cm³/mol. The molecule has 2 heterocycles. The van der Waals surface area contributed by atoms with Crippen molar-refractivity contribution in [2.75, 3.05) is 13.2 Å². The Labute approximate surface area is 86.0 Å². The first-order chi connectivity index (χ1) is 6.56. The minimum Gasteiger partial charge on any atom is -0.352 e. The van der Waals surface area contributed by atoms with E-state index in [1.807, 2.05) is 0 Å². The highest BCUT2D eigenvalue weighted by molar-refractivity contribution is 5.13. The van der Waals surface area contributed by atoms with Gasteiger partial charge in [0.2, 0.25) is 0 Å². The summed E-state index contributed by atoms with van der Waals surface area (Å²) >= 11 is 0. The molecule has 78 valence electrons. The van der Waals surface area contributed by atoms with E-state index in [1.54, 1.807) is 0 Å². The average molecular weight is 194 g/mol. The Morgan fingerprint density at radius 2 is 2.00 bits per heavy atom. The van der Waals surface area contributed by atoms with Crippen molar-refractivity contribution in [2.45, 2.75) is 33.5 Å². The standard InChI is InChI=1S/C12H18O2/c1-12(2,3)6-4-9-8-14-11-10(9)5-7-13-11/h9-11H,5,7-8H2,1-3H3. The lowest BCUT2D eigenvalue weighted by molar-refractivity contribution is -0.0905. The molecule has 2 aliphatic rings. The third-order valence-corrected chi connectivity index (χ3v) is 2.67. The molecule has 2 saturated heterocycles. The summed E-state index contributed by atoms with van der Waals surface area (Å²) in [4.78, 5) is 0. The van der Waals surface area contributed by atoms with Gasteiger partial charge in [0.15, 0.2) is 6.29 Å². The first-order valence-electron chi connectivity index (χ1n) is 5.32. The Kier molecular flexibility index (Phi) is 2.55. The Hall–Kier alpha value is -0.520. The minimum absolute atomic E-state index is 0.0364. The van der Waals surface area contributed by atoms with Gasteiger partial charge in [-0.05, 0) is 27.2 Å². The van der Waals surface area contributed by atoms with Crippen LogP contribution in [0.4, 0.5) is 0 Å². The van der Waals surface area contributed by atoms with Gasteiger partial charge in [-0.3, -0.25) is 0 Å². The average Bonchev–Trinajstić information content (AvgIpc) is 2.59. The maximum atomic E-state index is 5.53. The molecule has 2 heteroatoms. The maximum Gasteiger partial charge on any atom is 0.161 e. The van der Waals surface area contributed by atoms with Crippen molar-refractivity contribution < 1.29 is 9.47 Å². The maximum absolute atomic E-state index is 5.53. The molecule has 0 saturated carbocycles. The second kappa shape index (κ2) is 3.56. The molecule has 14 heavy (non-hydrogen) atoms. The summed E-state index contributed by atoms with van der Waals surface area (Å²) in [7, 11) is 0. The van der Waals surface area contributed by atoms with Gasteiger partial charge in [-0.15, -0.1) is 0 Å². The van der Waals surface area contributed by atoms with Crippen LogP contribution in [0, 0.1) is 29.1 Å². The fraction of sp³-hybridized carbons (Fsp3) is 0.833. The summed E-state index contributed by atoms with van der Waals surface area (Å²) in [6.45, 7) is 8.00. The molecule has 0 N–H and O–H groups in total. The predicted octanol–water partition coefficient (Wildman–Crippen LogP) is 2.04. The normalized spacial score (nSPS) is 36.4. The van der Waals surface area contributed by atoms with E-state index in [4.69, 9.17) is 9.47 Å². The number of hydrogen-bond acceptors (Lipinski definition) is 2. The van der Waals surface area contributed by atoms with Crippen molar-refractivity contribution in [3.8, 4) is 11.8 Å². The van der Waals surface area contributed by atoms with Gasteiger partial charge in [0.05, 0.1) is 19.1 Å². The van der Waals surface area contributed by atoms with Crippen LogP contribution in [0.2, 0.25) is 0 Å². The van der Waals surface area contributed by atoms with Crippen LogP contribution in [0.25, 0.3) is 0 Å². The third kappa shape index (κ3) is 2.10. The Morgan fingerprint density at radius 1 is 1.21 bits per heavy atom. The summed E-state index contributed by atoms with van der Waals surface area (Å²) < 4.78 is 11.0. The quantitative estimate of drug-likeness (QED) is 0.549. The summed E-state index contributed by atoms with van der Waals surface area (Å²) in [5.41, 5.74) is 0.0948. The highest BCUT2D eigenvalue weighted by Crippen LogP contribution is 2.35. The van der Waals surface area contributed by atoms with E-state index in [0.717, 1.165) is 19.6 Å². The summed E-state index contributed by atoms with van der Waals surface area (Å²) in [5, 5.41) is 0. The van der Waals surface area contributed by atoms with Gasteiger partial charge in [-0.2, -0.15) is 0 Å². The van der Waals surface area contributed by atoms with Gasteiger partial charge in [0.25, 0.3) is 0 Å². The van der Waals surface area contributed by atoms with Crippen molar-refractivity contribution in [3.05, 3.63) is 0 Å². The van der Waals surface area contributed by atoms with Gasteiger partial charge in [-0.25, -0.2) is 0 Å². The number of ether oxygens (including phenoxy) is 2. The van der Waals surface area contributed by atoms with Gasteiger partial charge < -0.3 is 9.47 Å². The van der Waals surface area contributed by atoms with Crippen molar-refractivity contribution >= 4 is 0 Å². The fourth-order valence-electron chi connectivity index (χ4n) is 1.92. The van der Waals surface area contributed by atoms with Crippen LogP contribution in [-0.4, -0.2) is 19.5 Å². The zero-order chi connectivity index (χ0) is 10.2. The Bertz CT molecular complexity index is 266. The summed E-state index contributed by atoms with van der Waals surface area (Å²) in [5.74, 6) is 7.54. The molecule has 3 atom stereocenters. The molecule has 0 aromatic carbocycles. The molecule has 0 aromatic rings. The molecular formula is C12H18O2. The van der Waals surface area contributed by atoms with E-state index < -0.39 is 0 Å². The van der Waals surface area contributed by atoms with Gasteiger partial charge in [0.1, 0.15) is 0 Å². The van der Waals surface area contributed by atoms with E-state index in [0.29, 0.717) is 11.8 Å². The second-order valence-corrected chi connectivity index (χ2v) is 5.15. The Balaban J connectivity index is 2.01. The molecule has 0 radical (unpaired) electrons. The van der Waals surface area contributed by atoms with Crippen LogP contribution in [0.15, 0.2) is 0 Å². The number of fused-ring (bicyclic) bond motifs is 1. The lowest BCUT2D eigenvalue weighted by atomic mass is 9.91. The van der Waals surface area contributed by atoms with E-state index in [-0.39, 0.29) is 11.7 Å². The van der Waals surface area contributed by atoms with Crippen molar-refractivity contribution in [3.63, 3.8) is 0 Å².